The molecule has 0 saturated heterocycles. The summed E-state index contributed by atoms with van der Waals surface area (Å²) < 4.78 is 13.2. The third kappa shape index (κ3) is 3.59. The van der Waals surface area contributed by atoms with E-state index in [0.29, 0.717) is 19.3 Å². The SMILES string of the molecule is C=C(/N=C/C1(O)CCCC1)/C(F)=C\CC. The van der Waals surface area contributed by atoms with Gasteiger partial charge >= 0.3 is 0 Å². The molecule has 1 fully saturated rings. The molecule has 0 spiro atoms. The summed E-state index contributed by atoms with van der Waals surface area (Å²) in [6, 6.07) is 0. The minimum Gasteiger partial charge on any atom is -0.384 e. The second kappa shape index (κ2) is 5.21. The molecule has 0 bridgehead atoms. The third-order valence-corrected chi connectivity index (χ3v) is 2.59. The molecule has 0 unspecified atom stereocenters. The fraction of sp³-hybridized carbons (Fsp3) is 0.583. The Morgan fingerprint density at radius 1 is 1.53 bits per heavy atom. The first-order valence-electron chi connectivity index (χ1n) is 5.40. The van der Waals surface area contributed by atoms with Crippen LogP contribution in [-0.2, 0) is 0 Å². The maximum absolute atomic E-state index is 13.2. The molecule has 1 aliphatic rings. The Morgan fingerprint density at radius 2 is 2.13 bits per heavy atom. The molecule has 0 amide bonds. The van der Waals surface area contributed by atoms with Crippen LogP contribution in [0.15, 0.2) is 29.2 Å². The highest BCUT2D eigenvalue weighted by molar-refractivity contribution is 5.70. The van der Waals surface area contributed by atoms with Gasteiger partial charge in [-0.15, -0.1) is 0 Å². The lowest BCUT2D eigenvalue weighted by Crippen LogP contribution is -2.25. The largest absolute Gasteiger partial charge is 0.384 e. The van der Waals surface area contributed by atoms with Gasteiger partial charge in [-0.3, -0.25) is 4.99 Å². The third-order valence-electron chi connectivity index (χ3n) is 2.59. The molecule has 84 valence electrons. The normalized spacial score (nSPS) is 21.1. The Bertz CT molecular complexity index is 288. The van der Waals surface area contributed by atoms with Crippen molar-refractivity contribution in [3.63, 3.8) is 0 Å². The van der Waals surface area contributed by atoms with Crippen molar-refractivity contribution in [1.82, 2.24) is 0 Å². The monoisotopic (exact) mass is 211 g/mol. The molecule has 3 heteroatoms. The van der Waals surface area contributed by atoms with Crippen LogP contribution in [0.1, 0.15) is 39.0 Å². The quantitative estimate of drug-likeness (QED) is 0.562. The van der Waals surface area contributed by atoms with Crippen molar-refractivity contribution in [1.29, 1.82) is 0 Å². The standard InChI is InChI=1S/C12H18FNO/c1-3-6-11(13)10(2)14-9-12(15)7-4-5-8-12/h6,9,15H,2-5,7-8H2,1H3/b11-6+,14-9+. The van der Waals surface area contributed by atoms with Gasteiger partial charge in [0.2, 0.25) is 0 Å². The fourth-order valence-corrected chi connectivity index (χ4v) is 1.67. The molecule has 0 heterocycles. The van der Waals surface area contributed by atoms with E-state index < -0.39 is 11.4 Å². The van der Waals surface area contributed by atoms with Crippen molar-refractivity contribution in [2.24, 2.45) is 4.99 Å². The van der Waals surface area contributed by atoms with Crippen molar-refractivity contribution in [3.8, 4) is 0 Å². The highest BCUT2D eigenvalue weighted by Gasteiger charge is 2.28. The summed E-state index contributed by atoms with van der Waals surface area (Å²) in [5.74, 6) is -0.407. The molecule has 0 aromatic carbocycles. The number of hydrogen-bond acceptors (Lipinski definition) is 2. The molecular weight excluding hydrogens is 193 g/mol. The van der Waals surface area contributed by atoms with E-state index in [9.17, 15) is 9.50 Å². The summed E-state index contributed by atoms with van der Waals surface area (Å²) in [5, 5.41) is 9.92. The summed E-state index contributed by atoms with van der Waals surface area (Å²) in [7, 11) is 0. The molecule has 0 aliphatic heterocycles. The number of halogens is 1. The zero-order valence-electron chi connectivity index (χ0n) is 9.17. The van der Waals surface area contributed by atoms with Crippen LogP contribution in [-0.4, -0.2) is 16.9 Å². The molecule has 1 rings (SSSR count). The van der Waals surface area contributed by atoms with Crippen LogP contribution >= 0.6 is 0 Å². The second-order valence-corrected chi connectivity index (χ2v) is 3.98. The zero-order valence-corrected chi connectivity index (χ0v) is 9.17. The number of allylic oxidation sites excluding steroid dienone is 2. The predicted octanol–water partition coefficient (Wildman–Crippen LogP) is 3.14. The highest BCUT2D eigenvalue weighted by atomic mass is 19.1. The average Bonchev–Trinajstić information content (AvgIpc) is 2.63. The van der Waals surface area contributed by atoms with Crippen LogP contribution in [0, 0.1) is 0 Å². The van der Waals surface area contributed by atoms with E-state index in [1.807, 2.05) is 6.92 Å². The van der Waals surface area contributed by atoms with Gasteiger partial charge in [-0.05, 0) is 25.3 Å². The molecule has 1 saturated carbocycles. The van der Waals surface area contributed by atoms with Crippen LogP contribution in [0.4, 0.5) is 4.39 Å². The number of nitrogens with zero attached hydrogens (tertiary/aromatic N) is 1. The van der Waals surface area contributed by atoms with Crippen LogP contribution in [0.3, 0.4) is 0 Å². The van der Waals surface area contributed by atoms with Gasteiger partial charge in [-0.2, -0.15) is 0 Å². The molecule has 0 aromatic heterocycles. The van der Waals surface area contributed by atoms with E-state index in [2.05, 4.69) is 11.6 Å². The molecular formula is C12H18FNO. The summed E-state index contributed by atoms with van der Waals surface area (Å²) >= 11 is 0. The lowest BCUT2D eigenvalue weighted by atomic mass is 10.1. The minimum absolute atomic E-state index is 0.0946. The van der Waals surface area contributed by atoms with Gasteiger partial charge in [0.15, 0.2) is 0 Å². The first-order chi connectivity index (χ1) is 7.07. The Balaban J connectivity index is 2.57. The molecule has 0 aromatic rings. The first-order valence-corrected chi connectivity index (χ1v) is 5.40. The summed E-state index contributed by atoms with van der Waals surface area (Å²) in [6.07, 6.45) is 6.91. The van der Waals surface area contributed by atoms with Gasteiger partial charge in [0, 0.05) is 6.21 Å². The van der Waals surface area contributed by atoms with Crippen molar-refractivity contribution in [2.75, 3.05) is 0 Å². The molecule has 15 heavy (non-hydrogen) atoms. The molecule has 1 N–H and O–H groups in total. The number of rotatable bonds is 4. The molecule has 1 aliphatic carbocycles. The summed E-state index contributed by atoms with van der Waals surface area (Å²) in [6.45, 7) is 5.36. The zero-order chi connectivity index (χ0) is 11.3. The van der Waals surface area contributed by atoms with Gasteiger partial charge in [0.25, 0.3) is 0 Å². The van der Waals surface area contributed by atoms with E-state index in [-0.39, 0.29) is 5.70 Å². The maximum Gasteiger partial charge on any atom is 0.144 e. The fourth-order valence-electron chi connectivity index (χ4n) is 1.67. The summed E-state index contributed by atoms with van der Waals surface area (Å²) in [4.78, 5) is 3.88. The lowest BCUT2D eigenvalue weighted by Gasteiger charge is -2.15. The molecule has 2 nitrogen and oxygen atoms in total. The van der Waals surface area contributed by atoms with Crippen molar-refractivity contribution in [3.05, 3.63) is 24.2 Å². The number of aliphatic imine (C=N–C) groups is 1. The summed E-state index contributed by atoms with van der Waals surface area (Å²) in [5.41, 5.74) is -0.743. The van der Waals surface area contributed by atoms with Gasteiger partial charge in [-0.1, -0.05) is 26.3 Å². The Labute approximate surface area is 90.2 Å². The first kappa shape index (κ1) is 12.1. The highest BCUT2D eigenvalue weighted by Crippen LogP contribution is 2.28. The van der Waals surface area contributed by atoms with Gasteiger partial charge in [0.05, 0.1) is 11.3 Å². The topological polar surface area (TPSA) is 32.6 Å². The Morgan fingerprint density at radius 3 is 2.67 bits per heavy atom. The van der Waals surface area contributed by atoms with Gasteiger partial charge in [0.1, 0.15) is 5.83 Å². The van der Waals surface area contributed by atoms with Crippen molar-refractivity contribution < 1.29 is 9.50 Å². The molecule has 0 radical (unpaired) electrons. The van der Waals surface area contributed by atoms with Crippen molar-refractivity contribution in [2.45, 2.75) is 44.6 Å². The van der Waals surface area contributed by atoms with E-state index in [0.717, 1.165) is 12.8 Å². The van der Waals surface area contributed by atoms with Crippen LogP contribution in [0.2, 0.25) is 0 Å². The van der Waals surface area contributed by atoms with Crippen LogP contribution in [0.25, 0.3) is 0 Å². The average molecular weight is 211 g/mol. The smallest absolute Gasteiger partial charge is 0.144 e. The Hall–Kier alpha value is -0.960. The Kier molecular flexibility index (Phi) is 4.21. The maximum atomic E-state index is 13.2. The van der Waals surface area contributed by atoms with Gasteiger partial charge < -0.3 is 5.11 Å². The van der Waals surface area contributed by atoms with Gasteiger partial charge in [-0.25, -0.2) is 4.39 Å². The molecule has 0 atom stereocenters. The van der Waals surface area contributed by atoms with E-state index in [1.54, 1.807) is 0 Å². The van der Waals surface area contributed by atoms with Crippen LogP contribution in [0.5, 0.6) is 0 Å². The minimum atomic E-state index is -0.838. The van der Waals surface area contributed by atoms with E-state index in [4.69, 9.17) is 0 Å². The number of aliphatic hydroxyl groups is 1. The van der Waals surface area contributed by atoms with Crippen LogP contribution < -0.4 is 0 Å². The second-order valence-electron chi connectivity index (χ2n) is 3.98. The van der Waals surface area contributed by atoms with E-state index in [1.165, 1.54) is 12.3 Å². The van der Waals surface area contributed by atoms with E-state index >= 15 is 0 Å². The van der Waals surface area contributed by atoms with Crippen molar-refractivity contribution >= 4 is 6.21 Å². The lowest BCUT2D eigenvalue weighted by molar-refractivity contribution is 0.125. The number of hydrogen-bond donors (Lipinski definition) is 1. The predicted molar refractivity (Wildman–Crippen MR) is 60.5 cm³/mol.